The van der Waals surface area contributed by atoms with Crippen LogP contribution in [0.2, 0.25) is 0 Å². The van der Waals surface area contributed by atoms with Gasteiger partial charge in [-0.15, -0.1) is 11.6 Å². The summed E-state index contributed by atoms with van der Waals surface area (Å²) < 4.78 is 0. The van der Waals surface area contributed by atoms with Crippen molar-refractivity contribution < 1.29 is 0 Å². The third-order valence-electron chi connectivity index (χ3n) is 3.51. The second-order valence-electron chi connectivity index (χ2n) is 5.30. The Bertz CT molecular complexity index is 360. The summed E-state index contributed by atoms with van der Waals surface area (Å²) >= 11 is 5.79. The van der Waals surface area contributed by atoms with Gasteiger partial charge in [0.05, 0.1) is 0 Å². The van der Waals surface area contributed by atoms with Gasteiger partial charge < -0.3 is 5.32 Å². The van der Waals surface area contributed by atoms with Crippen LogP contribution in [0.5, 0.6) is 0 Å². The lowest BCUT2D eigenvalue weighted by Gasteiger charge is -2.34. The summed E-state index contributed by atoms with van der Waals surface area (Å²) in [7, 11) is 0. The molecule has 2 rings (SSSR count). The normalized spacial score (nSPS) is 19.1. The van der Waals surface area contributed by atoms with Gasteiger partial charge in [-0.1, -0.05) is 24.3 Å². The van der Waals surface area contributed by atoms with Crippen molar-refractivity contribution in [2.24, 2.45) is 0 Å². The van der Waals surface area contributed by atoms with E-state index in [2.05, 4.69) is 43.4 Å². The minimum absolute atomic E-state index is 0.159. The molecule has 0 fully saturated rings. The van der Waals surface area contributed by atoms with Crippen LogP contribution >= 0.6 is 11.6 Å². The average molecular weight is 238 g/mol. The Balaban J connectivity index is 1.86. The molecule has 1 unspecified atom stereocenters. The van der Waals surface area contributed by atoms with E-state index in [4.69, 9.17) is 11.6 Å². The predicted molar refractivity (Wildman–Crippen MR) is 70.3 cm³/mol. The van der Waals surface area contributed by atoms with Crippen molar-refractivity contribution in [2.45, 2.75) is 38.1 Å². The molecule has 1 nitrogen and oxygen atoms in total. The topological polar surface area (TPSA) is 12.0 Å². The zero-order chi connectivity index (χ0) is 11.6. The summed E-state index contributed by atoms with van der Waals surface area (Å²) in [6.07, 6.45) is 2.24. The van der Waals surface area contributed by atoms with E-state index < -0.39 is 0 Å². The lowest BCUT2D eigenvalue weighted by Crippen LogP contribution is -2.43. The molecule has 1 atom stereocenters. The standard InChI is InChI=1S/C14H20ClN/c1-14(2,7-8-15)16-10-12-9-11-5-3-4-6-13(11)12/h3-6,12,16H,7-10H2,1-2H3. The van der Waals surface area contributed by atoms with Crippen molar-refractivity contribution in [2.75, 3.05) is 12.4 Å². The lowest BCUT2D eigenvalue weighted by atomic mass is 9.77. The highest BCUT2D eigenvalue weighted by molar-refractivity contribution is 6.17. The fourth-order valence-corrected chi connectivity index (χ4v) is 2.74. The summed E-state index contributed by atoms with van der Waals surface area (Å²) in [5, 5.41) is 3.62. The van der Waals surface area contributed by atoms with Crippen LogP contribution in [-0.2, 0) is 6.42 Å². The second kappa shape index (κ2) is 4.77. The van der Waals surface area contributed by atoms with Crippen molar-refractivity contribution in [1.82, 2.24) is 5.32 Å². The molecule has 1 aliphatic rings. The van der Waals surface area contributed by atoms with Crippen LogP contribution in [0.25, 0.3) is 0 Å². The molecule has 0 aromatic heterocycles. The van der Waals surface area contributed by atoms with Gasteiger partial charge in [0.2, 0.25) is 0 Å². The summed E-state index contributed by atoms with van der Waals surface area (Å²) in [5.74, 6) is 1.42. The van der Waals surface area contributed by atoms with E-state index >= 15 is 0 Å². The van der Waals surface area contributed by atoms with Gasteiger partial charge in [-0.05, 0) is 37.8 Å². The average Bonchev–Trinajstić information content (AvgIpc) is 2.19. The summed E-state index contributed by atoms with van der Waals surface area (Å²) in [6, 6.07) is 8.74. The van der Waals surface area contributed by atoms with Gasteiger partial charge in [0.25, 0.3) is 0 Å². The van der Waals surface area contributed by atoms with E-state index in [1.165, 1.54) is 17.5 Å². The number of hydrogen-bond donors (Lipinski definition) is 1. The quantitative estimate of drug-likeness (QED) is 0.775. The molecule has 1 aliphatic carbocycles. The van der Waals surface area contributed by atoms with Gasteiger partial charge >= 0.3 is 0 Å². The first-order chi connectivity index (χ1) is 7.62. The first kappa shape index (κ1) is 11.9. The second-order valence-corrected chi connectivity index (χ2v) is 5.68. The predicted octanol–water partition coefficient (Wildman–Crippen LogP) is 3.32. The summed E-state index contributed by atoms with van der Waals surface area (Å²) in [6.45, 7) is 5.51. The minimum Gasteiger partial charge on any atom is -0.311 e. The van der Waals surface area contributed by atoms with Crippen LogP contribution in [0.4, 0.5) is 0 Å². The molecule has 0 saturated carbocycles. The third-order valence-corrected chi connectivity index (χ3v) is 3.70. The molecule has 0 bridgehead atoms. The summed E-state index contributed by atoms with van der Waals surface area (Å²) in [5.41, 5.74) is 3.20. The van der Waals surface area contributed by atoms with E-state index in [9.17, 15) is 0 Å². The Morgan fingerprint density at radius 2 is 2.12 bits per heavy atom. The van der Waals surface area contributed by atoms with Gasteiger partial charge in [-0.25, -0.2) is 0 Å². The van der Waals surface area contributed by atoms with Gasteiger partial charge in [-0.3, -0.25) is 0 Å². The Morgan fingerprint density at radius 1 is 1.38 bits per heavy atom. The minimum atomic E-state index is 0.159. The highest BCUT2D eigenvalue weighted by Crippen LogP contribution is 2.34. The summed E-state index contributed by atoms with van der Waals surface area (Å²) in [4.78, 5) is 0. The molecule has 0 amide bonds. The fraction of sp³-hybridized carbons (Fsp3) is 0.571. The Labute approximate surface area is 103 Å². The number of hydrogen-bond acceptors (Lipinski definition) is 1. The monoisotopic (exact) mass is 237 g/mol. The maximum absolute atomic E-state index is 5.79. The molecule has 1 aromatic carbocycles. The van der Waals surface area contributed by atoms with Crippen LogP contribution in [-0.4, -0.2) is 18.0 Å². The number of nitrogens with one attached hydrogen (secondary N) is 1. The van der Waals surface area contributed by atoms with E-state index in [1.807, 2.05) is 0 Å². The molecule has 0 spiro atoms. The number of fused-ring (bicyclic) bond motifs is 1. The Kier molecular flexibility index (Phi) is 3.56. The molecule has 0 heterocycles. The molecular weight excluding hydrogens is 218 g/mol. The van der Waals surface area contributed by atoms with Crippen LogP contribution in [0.1, 0.15) is 37.3 Å². The van der Waals surface area contributed by atoms with Crippen molar-refractivity contribution in [3.05, 3.63) is 35.4 Å². The first-order valence-corrected chi connectivity index (χ1v) is 6.54. The highest BCUT2D eigenvalue weighted by atomic mass is 35.5. The van der Waals surface area contributed by atoms with Crippen LogP contribution in [0.15, 0.2) is 24.3 Å². The molecule has 0 saturated heterocycles. The van der Waals surface area contributed by atoms with Gasteiger partial charge in [0, 0.05) is 23.9 Å². The molecule has 1 N–H and O–H groups in total. The van der Waals surface area contributed by atoms with E-state index in [-0.39, 0.29) is 5.54 Å². The lowest BCUT2D eigenvalue weighted by molar-refractivity contribution is 0.356. The van der Waals surface area contributed by atoms with Gasteiger partial charge in [-0.2, -0.15) is 0 Å². The smallest absolute Gasteiger partial charge is 0.0240 e. The number of alkyl halides is 1. The zero-order valence-corrected chi connectivity index (χ0v) is 10.8. The van der Waals surface area contributed by atoms with Crippen LogP contribution in [0.3, 0.4) is 0 Å². The molecule has 88 valence electrons. The van der Waals surface area contributed by atoms with E-state index in [0.29, 0.717) is 5.92 Å². The SMILES string of the molecule is CC(C)(CCCl)NCC1Cc2ccccc21. The highest BCUT2D eigenvalue weighted by Gasteiger charge is 2.27. The zero-order valence-electron chi connectivity index (χ0n) is 10.1. The number of benzene rings is 1. The van der Waals surface area contributed by atoms with Gasteiger partial charge in [0.15, 0.2) is 0 Å². The third kappa shape index (κ3) is 2.58. The van der Waals surface area contributed by atoms with Crippen molar-refractivity contribution in [3.63, 3.8) is 0 Å². The molecule has 1 aromatic rings. The molecule has 0 aliphatic heterocycles. The van der Waals surface area contributed by atoms with E-state index in [1.54, 1.807) is 0 Å². The van der Waals surface area contributed by atoms with Crippen molar-refractivity contribution >= 4 is 11.6 Å². The van der Waals surface area contributed by atoms with Gasteiger partial charge in [0.1, 0.15) is 0 Å². The molecule has 0 radical (unpaired) electrons. The van der Waals surface area contributed by atoms with E-state index in [0.717, 1.165) is 18.8 Å². The number of rotatable bonds is 5. The Hall–Kier alpha value is -0.530. The number of halogens is 1. The molecular formula is C14H20ClN. The maximum Gasteiger partial charge on any atom is 0.0240 e. The molecule has 16 heavy (non-hydrogen) atoms. The molecule has 2 heteroatoms. The van der Waals surface area contributed by atoms with Crippen molar-refractivity contribution in [3.8, 4) is 0 Å². The van der Waals surface area contributed by atoms with Crippen molar-refractivity contribution in [1.29, 1.82) is 0 Å². The Morgan fingerprint density at radius 3 is 2.81 bits per heavy atom. The fourth-order valence-electron chi connectivity index (χ4n) is 2.27. The largest absolute Gasteiger partial charge is 0.311 e. The first-order valence-electron chi connectivity index (χ1n) is 6.01. The van der Waals surface area contributed by atoms with Crippen LogP contribution < -0.4 is 5.32 Å². The van der Waals surface area contributed by atoms with Crippen LogP contribution in [0, 0.1) is 0 Å². The maximum atomic E-state index is 5.79.